The zero-order chi connectivity index (χ0) is 19.3. The van der Waals surface area contributed by atoms with Crippen LogP contribution >= 0.6 is 0 Å². The first-order valence-electron chi connectivity index (χ1n) is 10.8. The number of rotatable bonds is 19. The van der Waals surface area contributed by atoms with Gasteiger partial charge in [-0.1, -0.05) is 83.3 Å². The van der Waals surface area contributed by atoms with E-state index in [9.17, 15) is 9.59 Å². The molecule has 4 heteroatoms. The molecular formula is C22H41NO3. The molecule has 152 valence electrons. The van der Waals surface area contributed by atoms with E-state index in [0.29, 0.717) is 6.42 Å². The molecule has 0 atom stereocenters. The number of carboxylic acids is 1. The summed E-state index contributed by atoms with van der Waals surface area (Å²) in [5.74, 6) is -1.14. The van der Waals surface area contributed by atoms with Crippen LogP contribution in [0, 0.1) is 0 Å². The van der Waals surface area contributed by atoms with E-state index >= 15 is 0 Å². The number of unbranched alkanes of at least 4 members (excludes halogenated alkanes) is 13. The minimum absolute atomic E-state index is 0.153. The molecule has 0 aromatic rings. The highest BCUT2D eigenvalue weighted by molar-refractivity contribution is 5.80. The van der Waals surface area contributed by atoms with Crippen LogP contribution in [0.2, 0.25) is 0 Å². The van der Waals surface area contributed by atoms with Gasteiger partial charge in [0.05, 0.1) is 0 Å². The first-order chi connectivity index (χ1) is 12.7. The molecule has 0 heterocycles. The van der Waals surface area contributed by atoms with Crippen LogP contribution < -0.4 is 5.32 Å². The second kappa shape index (κ2) is 20.0. The molecule has 26 heavy (non-hydrogen) atoms. The van der Waals surface area contributed by atoms with Crippen molar-refractivity contribution in [2.24, 2.45) is 0 Å². The molecule has 0 bridgehead atoms. The second-order valence-electron chi connectivity index (χ2n) is 7.21. The zero-order valence-corrected chi connectivity index (χ0v) is 16.9. The summed E-state index contributed by atoms with van der Waals surface area (Å²) in [6.45, 7) is 1.99. The number of hydrogen-bond acceptors (Lipinski definition) is 2. The number of nitrogens with one attached hydrogen (secondary N) is 1. The van der Waals surface area contributed by atoms with Gasteiger partial charge in [-0.2, -0.15) is 0 Å². The first kappa shape index (κ1) is 24.7. The smallest absolute Gasteiger partial charge is 0.322 e. The van der Waals surface area contributed by atoms with Gasteiger partial charge in [0.2, 0.25) is 5.91 Å². The molecule has 0 aromatic carbocycles. The number of carboxylic acid groups (broad SMARTS) is 1. The fourth-order valence-corrected chi connectivity index (χ4v) is 2.97. The largest absolute Gasteiger partial charge is 0.480 e. The number of carbonyl (C=O) groups excluding carboxylic acids is 1. The Hall–Kier alpha value is -1.32. The van der Waals surface area contributed by atoms with Crippen LogP contribution in [0.3, 0.4) is 0 Å². The molecule has 0 aliphatic carbocycles. The summed E-state index contributed by atoms with van der Waals surface area (Å²) >= 11 is 0. The van der Waals surface area contributed by atoms with Crippen LogP contribution in [0.4, 0.5) is 0 Å². The maximum absolute atomic E-state index is 11.3. The van der Waals surface area contributed by atoms with Crippen molar-refractivity contribution < 1.29 is 14.7 Å². The maximum Gasteiger partial charge on any atom is 0.322 e. The van der Waals surface area contributed by atoms with Gasteiger partial charge >= 0.3 is 5.97 Å². The second-order valence-corrected chi connectivity index (χ2v) is 7.21. The predicted molar refractivity (Wildman–Crippen MR) is 109 cm³/mol. The van der Waals surface area contributed by atoms with Gasteiger partial charge in [0, 0.05) is 6.42 Å². The molecule has 4 nitrogen and oxygen atoms in total. The van der Waals surface area contributed by atoms with Crippen LogP contribution in [0.5, 0.6) is 0 Å². The van der Waals surface area contributed by atoms with E-state index in [0.717, 1.165) is 12.8 Å². The van der Waals surface area contributed by atoms with Gasteiger partial charge < -0.3 is 10.4 Å². The fraction of sp³-hybridized carbons (Fsp3) is 0.818. The fourth-order valence-electron chi connectivity index (χ4n) is 2.97. The Morgan fingerprint density at radius 2 is 1.19 bits per heavy atom. The molecule has 0 aliphatic rings. The van der Waals surface area contributed by atoms with Crippen LogP contribution in [0.25, 0.3) is 0 Å². The summed E-state index contributed by atoms with van der Waals surface area (Å²) in [4.78, 5) is 21.6. The lowest BCUT2D eigenvalue weighted by atomic mass is 10.1. The standard InChI is InChI=1S/C22H41NO3/c1-2-3-4-5-6-7-8-9-10-11-12-13-14-15-16-17-18-19-21(24)23-20-22(25)26/h9-10H,2-8,11-20H2,1H3,(H,23,24)(H,25,26)/b10-9-. The number of hydrogen-bond donors (Lipinski definition) is 2. The van der Waals surface area contributed by atoms with Gasteiger partial charge in [-0.3, -0.25) is 9.59 Å². The summed E-state index contributed by atoms with van der Waals surface area (Å²) in [6, 6.07) is 0. The van der Waals surface area contributed by atoms with E-state index in [2.05, 4.69) is 24.4 Å². The summed E-state index contributed by atoms with van der Waals surface area (Å²) < 4.78 is 0. The highest BCUT2D eigenvalue weighted by Gasteiger charge is 2.03. The minimum atomic E-state index is -0.990. The normalized spacial score (nSPS) is 11.1. The molecule has 0 aromatic heterocycles. The van der Waals surface area contributed by atoms with Gasteiger partial charge in [-0.15, -0.1) is 0 Å². The lowest BCUT2D eigenvalue weighted by molar-refractivity contribution is -0.137. The average Bonchev–Trinajstić information content (AvgIpc) is 2.62. The Morgan fingerprint density at radius 1 is 0.731 bits per heavy atom. The average molecular weight is 368 g/mol. The minimum Gasteiger partial charge on any atom is -0.480 e. The summed E-state index contributed by atoms with van der Waals surface area (Å²) in [5, 5.41) is 10.9. The van der Waals surface area contributed by atoms with Crippen molar-refractivity contribution in [1.82, 2.24) is 5.32 Å². The molecule has 2 N–H and O–H groups in total. The Balaban J connectivity index is 3.18. The van der Waals surface area contributed by atoms with Crippen LogP contribution in [-0.2, 0) is 9.59 Å². The summed E-state index contributed by atoms with van der Waals surface area (Å²) in [5.41, 5.74) is 0. The molecule has 0 unspecified atom stereocenters. The maximum atomic E-state index is 11.3. The summed E-state index contributed by atoms with van der Waals surface area (Å²) in [6.07, 6.45) is 24.0. The van der Waals surface area contributed by atoms with Crippen molar-refractivity contribution in [1.29, 1.82) is 0 Å². The Kier molecular flexibility index (Phi) is 19.0. The zero-order valence-electron chi connectivity index (χ0n) is 16.9. The van der Waals surface area contributed by atoms with Crippen molar-refractivity contribution in [3.63, 3.8) is 0 Å². The van der Waals surface area contributed by atoms with Crippen molar-refractivity contribution in [2.75, 3.05) is 6.54 Å². The number of aliphatic carboxylic acids is 1. The van der Waals surface area contributed by atoms with E-state index in [1.165, 1.54) is 83.5 Å². The molecule has 0 fully saturated rings. The highest BCUT2D eigenvalue weighted by atomic mass is 16.4. The van der Waals surface area contributed by atoms with Crippen LogP contribution in [-0.4, -0.2) is 23.5 Å². The van der Waals surface area contributed by atoms with Crippen LogP contribution in [0.1, 0.15) is 110 Å². The van der Waals surface area contributed by atoms with Crippen molar-refractivity contribution in [3.8, 4) is 0 Å². The van der Waals surface area contributed by atoms with Crippen molar-refractivity contribution in [2.45, 2.75) is 110 Å². The number of carbonyl (C=O) groups is 2. The quantitative estimate of drug-likeness (QED) is 0.217. The molecule has 1 amide bonds. The predicted octanol–water partition coefficient (Wildman–Crippen LogP) is 6.00. The topological polar surface area (TPSA) is 66.4 Å². The Labute approximate surface area is 160 Å². The van der Waals surface area contributed by atoms with E-state index in [4.69, 9.17) is 5.11 Å². The molecule has 0 spiro atoms. The van der Waals surface area contributed by atoms with E-state index < -0.39 is 5.97 Å². The van der Waals surface area contributed by atoms with Gasteiger partial charge in [-0.05, 0) is 32.1 Å². The first-order valence-corrected chi connectivity index (χ1v) is 10.8. The third-order valence-corrected chi connectivity index (χ3v) is 4.60. The SMILES string of the molecule is CCCCCCCC/C=C\CCCCCCCCCC(=O)NCC(=O)O. The molecule has 0 rings (SSSR count). The van der Waals surface area contributed by atoms with Gasteiger partial charge in [0.25, 0.3) is 0 Å². The Bertz CT molecular complexity index is 366. The molecule has 0 radical (unpaired) electrons. The van der Waals surface area contributed by atoms with Crippen molar-refractivity contribution in [3.05, 3.63) is 12.2 Å². The highest BCUT2D eigenvalue weighted by Crippen LogP contribution is 2.11. The van der Waals surface area contributed by atoms with Crippen molar-refractivity contribution >= 4 is 11.9 Å². The summed E-state index contributed by atoms with van der Waals surface area (Å²) in [7, 11) is 0. The van der Waals surface area contributed by atoms with Gasteiger partial charge in [0.15, 0.2) is 0 Å². The van der Waals surface area contributed by atoms with Gasteiger partial charge in [0.1, 0.15) is 6.54 Å². The van der Waals surface area contributed by atoms with E-state index in [-0.39, 0.29) is 12.5 Å². The monoisotopic (exact) mass is 367 g/mol. The molecule has 0 saturated carbocycles. The van der Waals surface area contributed by atoms with Gasteiger partial charge in [-0.25, -0.2) is 0 Å². The lowest BCUT2D eigenvalue weighted by Gasteiger charge is -2.03. The Morgan fingerprint density at radius 3 is 1.69 bits per heavy atom. The molecule has 0 aliphatic heterocycles. The third kappa shape index (κ3) is 20.7. The third-order valence-electron chi connectivity index (χ3n) is 4.60. The molecule has 0 saturated heterocycles. The lowest BCUT2D eigenvalue weighted by Crippen LogP contribution is -2.28. The van der Waals surface area contributed by atoms with Crippen LogP contribution in [0.15, 0.2) is 12.2 Å². The number of amides is 1. The van der Waals surface area contributed by atoms with E-state index in [1.807, 2.05) is 0 Å². The molecular weight excluding hydrogens is 326 g/mol. The van der Waals surface area contributed by atoms with E-state index in [1.54, 1.807) is 0 Å². The number of allylic oxidation sites excluding steroid dienone is 2.